The Morgan fingerprint density at radius 3 is 0.884 bits per heavy atom. The van der Waals surface area contributed by atoms with E-state index in [1.54, 1.807) is 12.1 Å². The van der Waals surface area contributed by atoms with Gasteiger partial charge in [0.25, 0.3) is 0 Å². The molecule has 5 heteroatoms. The second-order valence-electron chi connectivity index (χ2n) is 13.1. The second kappa shape index (κ2) is 32.7. The van der Waals surface area contributed by atoms with E-state index < -0.39 is 10.1 Å². The van der Waals surface area contributed by atoms with Crippen LogP contribution in [-0.2, 0) is 16.5 Å². The van der Waals surface area contributed by atoms with Crippen LogP contribution < -0.4 is 51.4 Å². The third-order valence-corrected chi connectivity index (χ3v) is 9.88. The molecule has 0 aliphatic rings. The zero-order valence-corrected chi connectivity index (χ0v) is 32.8. The molecule has 0 aromatic heterocycles. The molecule has 0 bridgehead atoms. The fourth-order valence-electron chi connectivity index (χ4n) is 6.17. The van der Waals surface area contributed by atoms with E-state index >= 15 is 0 Å². The van der Waals surface area contributed by atoms with E-state index in [1.807, 2.05) is 0 Å². The van der Waals surface area contributed by atoms with Gasteiger partial charge in [0.05, 0.1) is 4.90 Å². The van der Waals surface area contributed by atoms with E-state index in [-0.39, 0.29) is 56.3 Å². The van der Waals surface area contributed by atoms with Crippen LogP contribution in [0.2, 0.25) is 0 Å². The topological polar surface area (TPSA) is 57.2 Å². The maximum atomic E-state index is 11.0. The van der Waals surface area contributed by atoms with Crippen molar-refractivity contribution in [3.63, 3.8) is 0 Å². The van der Waals surface area contributed by atoms with E-state index in [0.29, 0.717) is 0 Å². The molecule has 1 aromatic rings. The summed E-state index contributed by atoms with van der Waals surface area (Å²) in [7, 11) is -4.33. The zero-order valence-electron chi connectivity index (χ0n) is 28.9. The van der Waals surface area contributed by atoms with E-state index in [2.05, 4.69) is 6.92 Å². The number of unbranched alkanes of at least 4 members (excludes halogenated alkanes) is 29. The van der Waals surface area contributed by atoms with Crippen LogP contribution in [0.15, 0.2) is 29.2 Å². The first-order valence-corrected chi connectivity index (χ1v) is 20.0. The summed E-state index contributed by atoms with van der Waals surface area (Å²) in [4.78, 5) is -0.132. The Morgan fingerprint density at radius 1 is 0.419 bits per heavy atom. The van der Waals surface area contributed by atoms with Crippen LogP contribution in [0.4, 0.5) is 0 Å². The SMILES string of the molecule is CCCCCCCCCCCCCCCCCCCCCCCCCCCCCCCCc1ccc(S(=O)(=O)[O-])cc1.[K+]. The molecular weight excluding hydrogens is 576 g/mol. The van der Waals surface area contributed by atoms with Gasteiger partial charge < -0.3 is 4.55 Å². The van der Waals surface area contributed by atoms with Crippen molar-refractivity contribution in [2.75, 3.05) is 0 Å². The number of rotatable bonds is 32. The number of hydrogen-bond donors (Lipinski definition) is 0. The van der Waals surface area contributed by atoms with Crippen molar-refractivity contribution in [1.82, 2.24) is 0 Å². The fourth-order valence-corrected chi connectivity index (χ4v) is 6.64. The molecule has 0 atom stereocenters. The van der Waals surface area contributed by atoms with Crippen LogP contribution >= 0.6 is 0 Å². The molecule has 1 aromatic carbocycles. The van der Waals surface area contributed by atoms with Crippen LogP contribution in [0.3, 0.4) is 0 Å². The summed E-state index contributed by atoms with van der Waals surface area (Å²) in [6.45, 7) is 2.30. The molecule has 0 radical (unpaired) electrons. The van der Waals surface area contributed by atoms with Gasteiger partial charge >= 0.3 is 51.4 Å². The van der Waals surface area contributed by atoms with E-state index in [9.17, 15) is 13.0 Å². The van der Waals surface area contributed by atoms with Gasteiger partial charge in [0.1, 0.15) is 10.1 Å². The number of aryl methyl sites for hydroxylation is 1. The largest absolute Gasteiger partial charge is 1.00 e. The predicted molar refractivity (Wildman–Crippen MR) is 182 cm³/mol. The Bertz CT molecular complexity index is 794. The molecule has 0 aliphatic heterocycles. The summed E-state index contributed by atoms with van der Waals surface area (Å²) in [5.74, 6) is 0. The third kappa shape index (κ3) is 29.9. The predicted octanol–water partition coefficient (Wildman–Crippen LogP) is 9.86. The maximum absolute atomic E-state index is 11.0. The molecule has 0 amide bonds. The summed E-state index contributed by atoms with van der Waals surface area (Å²) >= 11 is 0. The number of benzene rings is 1. The van der Waals surface area contributed by atoms with Crippen molar-refractivity contribution in [2.24, 2.45) is 0 Å². The standard InChI is InChI=1S/C38H70O3S.K/c1-2-3-4-5-6-7-8-9-10-11-12-13-14-15-16-17-18-19-20-21-22-23-24-25-26-27-28-29-30-31-32-37-33-35-38(36-34-37)42(39,40)41;/h33-36H,2-32H2,1H3,(H,39,40,41);/q;+1/p-1. The first kappa shape index (κ1) is 43.8. The smallest absolute Gasteiger partial charge is 0.744 e. The minimum absolute atomic E-state index is 0. The van der Waals surface area contributed by atoms with Gasteiger partial charge in [-0.15, -0.1) is 0 Å². The molecule has 43 heavy (non-hydrogen) atoms. The Labute approximate surface area is 312 Å². The molecule has 0 heterocycles. The quantitative estimate of drug-likeness (QED) is 0.0446. The van der Waals surface area contributed by atoms with Gasteiger partial charge in [-0.3, -0.25) is 0 Å². The van der Waals surface area contributed by atoms with E-state index in [0.717, 1.165) is 18.4 Å². The Balaban J connectivity index is 0.0000176. The Morgan fingerprint density at radius 2 is 0.651 bits per heavy atom. The Kier molecular flexibility index (Phi) is 33.3. The van der Waals surface area contributed by atoms with E-state index in [1.165, 1.54) is 198 Å². The van der Waals surface area contributed by atoms with Crippen molar-refractivity contribution in [3.8, 4) is 0 Å². The first-order chi connectivity index (χ1) is 20.5. The van der Waals surface area contributed by atoms with Gasteiger partial charge in [0, 0.05) is 0 Å². The maximum Gasteiger partial charge on any atom is 1.00 e. The molecule has 0 saturated heterocycles. The summed E-state index contributed by atoms with van der Waals surface area (Å²) in [6, 6.07) is 6.40. The average molecular weight is 645 g/mol. The van der Waals surface area contributed by atoms with Gasteiger partial charge in [-0.1, -0.05) is 205 Å². The molecule has 0 spiro atoms. The van der Waals surface area contributed by atoms with Gasteiger partial charge in [0.2, 0.25) is 0 Å². The summed E-state index contributed by atoms with van der Waals surface area (Å²) < 4.78 is 33.0. The van der Waals surface area contributed by atoms with Gasteiger partial charge in [-0.2, -0.15) is 0 Å². The van der Waals surface area contributed by atoms with Gasteiger partial charge in [0.15, 0.2) is 0 Å². The van der Waals surface area contributed by atoms with Gasteiger partial charge in [-0.05, 0) is 30.5 Å². The Hall–Kier alpha value is 0.766. The van der Waals surface area contributed by atoms with Crippen LogP contribution in [0.25, 0.3) is 0 Å². The van der Waals surface area contributed by atoms with Crippen LogP contribution in [0.1, 0.15) is 205 Å². The van der Waals surface area contributed by atoms with E-state index in [4.69, 9.17) is 0 Å². The van der Waals surface area contributed by atoms with Crippen molar-refractivity contribution >= 4 is 10.1 Å². The first-order valence-electron chi connectivity index (χ1n) is 18.6. The average Bonchev–Trinajstić information content (AvgIpc) is 2.98. The molecule has 246 valence electrons. The molecule has 0 fully saturated rings. The second-order valence-corrected chi connectivity index (χ2v) is 14.5. The molecule has 0 unspecified atom stereocenters. The van der Waals surface area contributed by atoms with Crippen molar-refractivity contribution in [2.45, 2.75) is 211 Å². The molecule has 0 N–H and O–H groups in total. The van der Waals surface area contributed by atoms with Crippen LogP contribution in [-0.4, -0.2) is 13.0 Å². The fraction of sp³-hybridized carbons (Fsp3) is 0.842. The zero-order chi connectivity index (χ0) is 30.4. The van der Waals surface area contributed by atoms with Crippen molar-refractivity contribution in [3.05, 3.63) is 29.8 Å². The normalized spacial score (nSPS) is 11.6. The minimum atomic E-state index is -4.33. The molecular formula is C38H69KO3S. The molecule has 0 saturated carbocycles. The molecule has 0 aliphatic carbocycles. The van der Waals surface area contributed by atoms with Crippen molar-refractivity contribution in [1.29, 1.82) is 0 Å². The molecule has 3 nitrogen and oxygen atoms in total. The summed E-state index contributed by atoms with van der Waals surface area (Å²) in [5, 5.41) is 0. The van der Waals surface area contributed by atoms with Crippen LogP contribution in [0, 0.1) is 0 Å². The third-order valence-electron chi connectivity index (χ3n) is 9.03. The molecule has 1 rings (SSSR count). The van der Waals surface area contributed by atoms with Crippen LogP contribution in [0.5, 0.6) is 0 Å². The summed E-state index contributed by atoms with van der Waals surface area (Å²) in [6.07, 6.45) is 43.4. The monoisotopic (exact) mass is 644 g/mol. The number of hydrogen-bond acceptors (Lipinski definition) is 3. The summed E-state index contributed by atoms with van der Waals surface area (Å²) in [5.41, 5.74) is 1.11. The van der Waals surface area contributed by atoms with Crippen molar-refractivity contribution < 1.29 is 64.4 Å². The van der Waals surface area contributed by atoms with Gasteiger partial charge in [-0.25, -0.2) is 8.42 Å². The minimum Gasteiger partial charge on any atom is -0.744 e.